The molecule has 2 heterocycles. The molecule has 0 aliphatic carbocycles. The second kappa shape index (κ2) is 8.93. The fraction of sp³-hybridized carbons (Fsp3) is 0.350. The number of nitrogens with two attached hydrogens (primary N) is 1. The van der Waals surface area contributed by atoms with Gasteiger partial charge >= 0.3 is 0 Å². The van der Waals surface area contributed by atoms with Crippen LogP contribution >= 0.6 is 24.8 Å². The predicted molar refractivity (Wildman–Crippen MR) is 113 cm³/mol. The van der Waals surface area contributed by atoms with E-state index in [0.29, 0.717) is 5.89 Å². The van der Waals surface area contributed by atoms with Crippen LogP contribution in [0.3, 0.4) is 0 Å². The lowest BCUT2D eigenvalue weighted by molar-refractivity contribution is 0.321. The number of likely N-dealkylation sites (tertiary alicyclic amines) is 1. The molecule has 1 unspecified atom stereocenters. The maximum atomic E-state index is 6.01. The summed E-state index contributed by atoms with van der Waals surface area (Å²) >= 11 is 0. The van der Waals surface area contributed by atoms with Crippen molar-refractivity contribution < 1.29 is 9.15 Å². The second-order valence-electron chi connectivity index (χ2n) is 6.67. The van der Waals surface area contributed by atoms with Gasteiger partial charge < -0.3 is 14.9 Å². The average molecular weight is 410 g/mol. The van der Waals surface area contributed by atoms with Gasteiger partial charge in [0.2, 0.25) is 5.89 Å². The molecule has 1 aliphatic heterocycles. The van der Waals surface area contributed by atoms with Crippen molar-refractivity contribution in [2.45, 2.75) is 25.9 Å². The van der Waals surface area contributed by atoms with Crippen molar-refractivity contribution in [3.63, 3.8) is 0 Å². The van der Waals surface area contributed by atoms with Gasteiger partial charge in [-0.05, 0) is 30.9 Å². The molecule has 146 valence electrons. The van der Waals surface area contributed by atoms with E-state index in [4.69, 9.17) is 19.9 Å². The lowest BCUT2D eigenvalue weighted by atomic mass is 10.0. The maximum Gasteiger partial charge on any atom is 0.227 e. The van der Waals surface area contributed by atoms with Gasteiger partial charge in [-0.15, -0.1) is 24.8 Å². The van der Waals surface area contributed by atoms with Crippen LogP contribution in [-0.4, -0.2) is 36.1 Å². The van der Waals surface area contributed by atoms with E-state index in [9.17, 15) is 0 Å². The Balaban J connectivity index is 0.00000131. The zero-order chi connectivity index (χ0) is 17.4. The molecule has 5 nitrogen and oxygen atoms in total. The topological polar surface area (TPSA) is 64.5 Å². The summed E-state index contributed by atoms with van der Waals surface area (Å²) in [6.45, 7) is 4.71. The molecule has 0 bridgehead atoms. The smallest absolute Gasteiger partial charge is 0.227 e. The molecule has 0 spiro atoms. The van der Waals surface area contributed by atoms with E-state index in [2.05, 4.69) is 17.0 Å². The number of halogens is 2. The van der Waals surface area contributed by atoms with Gasteiger partial charge in [-0.1, -0.05) is 24.3 Å². The average Bonchev–Trinajstić information content (AvgIpc) is 3.20. The Hall–Kier alpha value is -1.79. The van der Waals surface area contributed by atoms with Crippen molar-refractivity contribution in [3.05, 3.63) is 47.9 Å². The molecule has 1 fully saturated rings. The molecule has 2 aromatic carbocycles. The molecule has 4 rings (SSSR count). The zero-order valence-corrected chi connectivity index (χ0v) is 17.1. The molecule has 0 radical (unpaired) electrons. The highest BCUT2D eigenvalue weighted by molar-refractivity contribution is 5.98. The maximum absolute atomic E-state index is 6.01. The number of hydrogen-bond acceptors (Lipinski definition) is 5. The van der Waals surface area contributed by atoms with Crippen LogP contribution in [-0.2, 0) is 6.54 Å². The van der Waals surface area contributed by atoms with E-state index in [0.717, 1.165) is 59.6 Å². The Morgan fingerprint density at radius 3 is 2.59 bits per heavy atom. The third-order valence-electron chi connectivity index (χ3n) is 4.91. The molecular formula is C20H25Cl2N3O2. The van der Waals surface area contributed by atoms with E-state index in [1.165, 1.54) is 0 Å². The highest BCUT2D eigenvalue weighted by Crippen LogP contribution is 2.34. The van der Waals surface area contributed by atoms with Crippen LogP contribution in [0.25, 0.3) is 22.2 Å². The monoisotopic (exact) mass is 409 g/mol. The van der Waals surface area contributed by atoms with Crippen LogP contribution in [0, 0.1) is 6.92 Å². The van der Waals surface area contributed by atoms with E-state index in [1.807, 2.05) is 31.2 Å². The van der Waals surface area contributed by atoms with E-state index < -0.39 is 0 Å². The van der Waals surface area contributed by atoms with Crippen molar-refractivity contribution in [1.29, 1.82) is 0 Å². The van der Waals surface area contributed by atoms with Crippen LogP contribution < -0.4 is 10.5 Å². The summed E-state index contributed by atoms with van der Waals surface area (Å²) in [7, 11) is 1.69. The van der Waals surface area contributed by atoms with Crippen LogP contribution in [0.2, 0.25) is 0 Å². The first-order valence-corrected chi connectivity index (χ1v) is 8.66. The Kier molecular flexibility index (Phi) is 7.12. The first kappa shape index (κ1) is 21.5. The van der Waals surface area contributed by atoms with Crippen LogP contribution in [0.4, 0.5) is 0 Å². The summed E-state index contributed by atoms with van der Waals surface area (Å²) in [4.78, 5) is 7.12. The van der Waals surface area contributed by atoms with Crippen LogP contribution in [0.5, 0.6) is 5.75 Å². The molecule has 0 saturated carbocycles. The van der Waals surface area contributed by atoms with Gasteiger partial charge in [-0.3, -0.25) is 4.90 Å². The fourth-order valence-electron chi connectivity index (χ4n) is 3.54. The van der Waals surface area contributed by atoms with Gasteiger partial charge in [0.25, 0.3) is 0 Å². The molecule has 1 aromatic heterocycles. The Bertz CT molecular complexity index is 913. The SMILES string of the molecule is COc1ccc(-c2nc(CN3CCC(N)C3)c(C)o2)c2ccccc12.Cl.Cl. The highest BCUT2D eigenvalue weighted by atomic mass is 35.5. The number of hydrogen-bond donors (Lipinski definition) is 1. The van der Waals surface area contributed by atoms with E-state index in [1.54, 1.807) is 7.11 Å². The number of ether oxygens (including phenoxy) is 1. The fourth-order valence-corrected chi connectivity index (χ4v) is 3.54. The van der Waals surface area contributed by atoms with Crippen molar-refractivity contribution in [2.75, 3.05) is 20.2 Å². The number of rotatable bonds is 4. The minimum Gasteiger partial charge on any atom is -0.496 e. The quantitative estimate of drug-likeness (QED) is 0.699. The van der Waals surface area contributed by atoms with Gasteiger partial charge in [0.15, 0.2) is 0 Å². The normalized spacial score (nSPS) is 16.8. The van der Waals surface area contributed by atoms with Crippen LogP contribution in [0.1, 0.15) is 17.9 Å². The molecule has 1 saturated heterocycles. The molecule has 7 heteroatoms. The molecule has 1 atom stereocenters. The number of fused-ring (bicyclic) bond motifs is 1. The largest absolute Gasteiger partial charge is 0.496 e. The number of oxazole rings is 1. The molecular weight excluding hydrogens is 385 g/mol. The second-order valence-corrected chi connectivity index (χ2v) is 6.67. The summed E-state index contributed by atoms with van der Waals surface area (Å²) < 4.78 is 11.5. The summed E-state index contributed by atoms with van der Waals surface area (Å²) in [6.07, 6.45) is 1.05. The van der Waals surface area contributed by atoms with Crippen molar-refractivity contribution >= 4 is 35.6 Å². The number of benzene rings is 2. The van der Waals surface area contributed by atoms with Crippen molar-refractivity contribution in [3.8, 4) is 17.2 Å². The molecule has 3 aromatic rings. The summed E-state index contributed by atoms with van der Waals surface area (Å²) in [5.41, 5.74) is 7.98. The Labute approximate surface area is 171 Å². The standard InChI is InChI=1S/C20H23N3O2.2ClH/c1-13-18(12-23-10-9-14(21)11-23)22-20(25-13)17-7-8-19(24-2)16-6-4-3-5-15(16)17;;/h3-8,14H,9-12,21H2,1-2H3;2*1H. The van der Waals surface area contributed by atoms with Gasteiger partial charge in [0.1, 0.15) is 11.5 Å². The number of methoxy groups -OCH3 is 1. The van der Waals surface area contributed by atoms with Crippen LogP contribution in [0.15, 0.2) is 40.8 Å². The third kappa shape index (κ3) is 4.22. The first-order valence-electron chi connectivity index (χ1n) is 8.66. The van der Waals surface area contributed by atoms with Gasteiger partial charge in [0, 0.05) is 36.6 Å². The van der Waals surface area contributed by atoms with Gasteiger partial charge in [-0.25, -0.2) is 4.98 Å². The van der Waals surface area contributed by atoms with E-state index in [-0.39, 0.29) is 30.9 Å². The third-order valence-corrected chi connectivity index (χ3v) is 4.91. The van der Waals surface area contributed by atoms with Gasteiger partial charge in [0.05, 0.1) is 12.8 Å². The molecule has 1 aliphatic rings. The molecule has 27 heavy (non-hydrogen) atoms. The van der Waals surface area contributed by atoms with Gasteiger partial charge in [-0.2, -0.15) is 0 Å². The number of nitrogens with zero attached hydrogens (tertiary/aromatic N) is 2. The minimum absolute atomic E-state index is 0. The Morgan fingerprint density at radius 2 is 1.93 bits per heavy atom. The molecule has 2 N–H and O–H groups in total. The summed E-state index contributed by atoms with van der Waals surface area (Å²) in [5.74, 6) is 2.39. The van der Waals surface area contributed by atoms with Crippen molar-refractivity contribution in [2.24, 2.45) is 5.73 Å². The number of aromatic nitrogens is 1. The molecule has 0 amide bonds. The zero-order valence-electron chi connectivity index (χ0n) is 15.5. The predicted octanol–water partition coefficient (Wildman–Crippen LogP) is 4.19. The lowest BCUT2D eigenvalue weighted by Gasteiger charge is -2.13. The summed E-state index contributed by atoms with van der Waals surface area (Å²) in [6, 6.07) is 12.4. The first-order chi connectivity index (χ1) is 12.2. The number of aryl methyl sites for hydroxylation is 1. The highest BCUT2D eigenvalue weighted by Gasteiger charge is 2.22. The summed E-state index contributed by atoms with van der Waals surface area (Å²) in [5, 5.41) is 2.14. The van der Waals surface area contributed by atoms with E-state index >= 15 is 0 Å². The Morgan fingerprint density at radius 1 is 1.19 bits per heavy atom. The van der Waals surface area contributed by atoms with Crippen molar-refractivity contribution in [1.82, 2.24) is 9.88 Å². The minimum atomic E-state index is 0. The lowest BCUT2D eigenvalue weighted by Crippen LogP contribution is -2.26.